The van der Waals surface area contributed by atoms with E-state index >= 15 is 0 Å². The molecule has 1 aromatic rings. The molecule has 100 valence electrons. The molecule has 6 heteroatoms. The Balaban J connectivity index is 2.77. The Morgan fingerprint density at radius 2 is 1.84 bits per heavy atom. The lowest BCUT2D eigenvalue weighted by Gasteiger charge is -2.09. The summed E-state index contributed by atoms with van der Waals surface area (Å²) in [6, 6.07) is 5.49. The highest BCUT2D eigenvalue weighted by Crippen LogP contribution is 2.10. The third-order valence-electron chi connectivity index (χ3n) is 2.28. The van der Waals surface area contributed by atoms with Gasteiger partial charge in [0.2, 0.25) is 0 Å². The van der Waals surface area contributed by atoms with Gasteiger partial charge < -0.3 is 14.9 Å². The number of aliphatic hydroxyl groups excluding tert-OH is 1. The third kappa shape index (κ3) is 3.75. The highest BCUT2D eigenvalue weighted by molar-refractivity contribution is 6.02. The fourth-order valence-corrected chi connectivity index (χ4v) is 1.30. The first-order valence-corrected chi connectivity index (χ1v) is 5.31. The van der Waals surface area contributed by atoms with Crippen LogP contribution in [0.3, 0.4) is 0 Å². The summed E-state index contributed by atoms with van der Waals surface area (Å²) < 4.78 is 4.68. The molecule has 0 saturated heterocycles. The second kappa shape index (κ2) is 6.46. The van der Waals surface area contributed by atoms with E-state index in [-0.39, 0.29) is 11.1 Å². The maximum Gasteiger partial charge on any atom is 0.339 e. The largest absolute Gasteiger partial charge is 0.478 e. The van der Waals surface area contributed by atoms with E-state index < -0.39 is 30.4 Å². The van der Waals surface area contributed by atoms with Crippen molar-refractivity contribution in [3.8, 4) is 0 Å². The molecule has 0 amide bonds. The molecule has 2 N–H and O–H groups in total. The Hall–Kier alpha value is -2.47. The van der Waals surface area contributed by atoms with Crippen molar-refractivity contribution in [2.45, 2.75) is 6.10 Å². The van der Waals surface area contributed by atoms with Crippen molar-refractivity contribution in [3.63, 3.8) is 0 Å². The molecule has 0 aliphatic rings. The Morgan fingerprint density at radius 1 is 1.26 bits per heavy atom. The second-order valence-corrected chi connectivity index (χ2v) is 3.57. The van der Waals surface area contributed by atoms with Crippen molar-refractivity contribution < 1.29 is 29.3 Å². The van der Waals surface area contributed by atoms with E-state index in [1.54, 1.807) is 0 Å². The van der Waals surface area contributed by atoms with Gasteiger partial charge in [-0.05, 0) is 18.2 Å². The number of ketones is 1. The lowest BCUT2D eigenvalue weighted by Crippen LogP contribution is -2.26. The molecule has 0 heterocycles. The molecular weight excluding hydrogens is 252 g/mol. The van der Waals surface area contributed by atoms with Gasteiger partial charge in [-0.25, -0.2) is 9.59 Å². The number of ether oxygens (including phenoxy) is 1. The van der Waals surface area contributed by atoms with Gasteiger partial charge in [-0.2, -0.15) is 0 Å². The first-order chi connectivity index (χ1) is 8.97. The van der Waals surface area contributed by atoms with Crippen molar-refractivity contribution >= 4 is 17.7 Å². The number of rotatable bonds is 6. The number of benzene rings is 1. The van der Waals surface area contributed by atoms with Gasteiger partial charge >= 0.3 is 11.9 Å². The lowest BCUT2D eigenvalue weighted by molar-refractivity contribution is -0.124. The van der Waals surface area contributed by atoms with Crippen LogP contribution in [0.25, 0.3) is 0 Å². The number of carbonyl (C=O) groups is 3. The minimum atomic E-state index is -1.50. The molecule has 0 aliphatic heterocycles. The third-order valence-corrected chi connectivity index (χ3v) is 2.28. The minimum Gasteiger partial charge on any atom is -0.478 e. The van der Waals surface area contributed by atoms with Crippen LogP contribution in [0.4, 0.5) is 0 Å². The van der Waals surface area contributed by atoms with Gasteiger partial charge in [-0.1, -0.05) is 18.7 Å². The fraction of sp³-hybridized carbons (Fsp3) is 0.154. The average Bonchev–Trinajstić information content (AvgIpc) is 2.43. The first-order valence-electron chi connectivity index (χ1n) is 5.31. The van der Waals surface area contributed by atoms with Crippen LogP contribution < -0.4 is 0 Å². The number of aromatic carboxylic acids is 1. The van der Waals surface area contributed by atoms with E-state index in [9.17, 15) is 19.5 Å². The number of carboxylic acid groups (broad SMARTS) is 1. The molecule has 0 fully saturated rings. The van der Waals surface area contributed by atoms with Crippen LogP contribution in [0.2, 0.25) is 0 Å². The zero-order valence-corrected chi connectivity index (χ0v) is 9.91. The van der Waals surface area contributed by atoms with Crippen molar-refractivity contribution in [2.24, 2.45) is 0 Å². The summed E-state index contributed by atoms with van der Waals surface area (Å²) in [5, 5.41) is 18.2. The van der Waals surface area contributed by atoms with Crippen LogP contribution in [-0.2, 0) is 9.53 Å². The summed E-state index contributed by atoms with van der Waals surface area (Å²) in [7, 11) is 0. The fourth-order valence-electron chi connectivity index (χ4n) is 1.30. The zero-order valence-electron chi connectivity index (χ0n) is 9.91. The normalized spacial score (nSPS) is 11.4. The van der Waals surface area contributed by atoms with Crippen LogP contribution in [0, 0.1) is 0 Å². The predicted octanol–water partition coefficient (Wildman–Crippen LogP) is 0.658. The molecule has 0 spiro atoms. The molecule has 1 atom stereocenters. The lowest BCUT2D eigenvalue weighted by atomic mass is 10.1. The molecule has 0 saturated carbocycles. The summed E-state index contributed by atoms with van der Waals surface area (Å²) in [5.41, 5.74) is -0.356. The van der Waals surface area contributed by atoms with E-state index in [2.05, 4.69) is 11.3 Å². The van der Waals surface area contributed by atoms with Gasteiger partial charge in [0.05, 0.1) is 11.1 Å². The maximum absolute atomic E-state index is 11.7. The van der Waals surface area contributed by atoms with Gasteiger partial charge in [0.15, 0.2) is 11.9 Å². The van der Waals surface area contributed by atoms with Crippen molar-refractivity contribution in [2.75, 3.05) is 6.61 Å². The second-order valence-electron chi connectivity index (χ2n) is 3.57. The van der Waals surface area contributed by atoms with Crippen molar-refractivity contribution in [1.82, 2.24) is 0 Å². The molecule has 1 unspecified atom stereocenters. The van der Waals surface area contributed by atoms with E-state index in [1.807, 2.05) is 0 Å². The molecular formula is C13H12O6. The number of carbonyl (C=O) groups excluding carboxylic acids is 2. The molecule has 19 heavy (non-hydrogen) atoms. The van der Waals surface area contributed by atoms with E-state index in [0.29, 0.717) is 0 Å². The standard InChI is InChI=1S/C13H12O6/c1-2-10(14)11(15)7-19-13(18)9-6-4-3-5-8(9)12(16)17/h2-6,11,15H,1,7H2,(H,16,17). The first kappa shape index (κ1) is 14.6. The van der Waals surface area contributed by atoms with Gasteiger partial charge in [0.25, 0.3) is 0 Å². The number of carboxylic acids is 1. The highest BCUT2D eigenvalue weighted by atomic mass is 16.5. The zero-order chi connectivity index (χ0) is 14.4. The quantitative estimate of drug-likeness (QED) is 0.578. The Bertz CT molecular complexity index is 520. The molecule has 6 nitrogen and oxygen atoms in total. The SMILES string of the molecule is C=CC(=O)C(O)COC(=O)c1ccccc1C(=O)O. The molecule has 1 aromatic carbocycles. The molecule has 0 aliphatic carbocycles. The molecule has 1 rings (SSSR count). The van der Waals surface area contributed by atoms with Gasteiger partial charge in [0, 0.05) is 0 Å². The summed E-state index contributed by atoms with van der Waals surface area (Å²) in [4.78, 5) is 33.5. The number of esters is 1. The minimum absolute atomic E-state index is 0.145. The summed E-state index contributed by atoms with van der Waals surface area (Å²) in [6.45, 7) is 2.62. The maximum atomic E-state index is 11.7. The topological polar surface area (TPSA) is 101 Å². The Kier molecular flexibility index (Phi) is 4.96. The van der Waals surface area contributed by atoms with Crippen LogP contribution >= 0.6 is 0 Å². The number of aliphatic hydroxyl groups is 1. The summed E-state index contributed by atoms with van der Waals surface area (Å²) >= 11 is 0. The number of hydrogen-bond donors (Lipinski definition) is 2. The molecule has 0 bridgehead atoms. The van der Waals surface area contributed by atoms with E-state index in [0.717, 1.165) is 6.08 Å². The monoisotopic (exact) mass is 264 g/mol. The van der Waals surface area contributed by atoms with Gasteiger partial charge in [0.1, 0.15) is 6.61 Å². The van der Waals surface area contributed by atoms with Crippen LogP contribution in [-0.4, -0.2) is 40.6 Å². The van der Waals surface area contributed by atoms with Crippen molar-refractivity contribution in [1.29, 1.82) is 0 Å². The van der Waals surface area contributed by atoms with Crippen LogP contribution in [0.1, 0.15) is 20.7 Å². The number of hydrogen-bond acceptors (Lipinski definition) is 5. The van der Waals surface area contributed by atoms with Crippen molar-refractivity contribution in [3.05, 3.63) is 48.0 Å². The average molecular weight is 264 g/mol. The Morgan fingerprint density at radius 3 is 2.37 bits per heavy atom. The highest BCUT2D eigenvalue weighted by Gasteiger charge is 2.19. The summed E-state index contributed by atoms with van der Waals surface area (Å²) in [5.74, 6) is -2.87. The predicted molar refractivity (Wildman–Crippen MR) is 64.9 cm³/mol. The Labute approximate surface area is 108 Å². The smallest absolute Gasteiger partial charge is 0.339 e. The van der Waals surface area contributed by atoms with E-state index in [1.165, 1.54) is 24.3 Å². The van der Waals surface area contributed by atoms with Crippen LogP contribution in [0.5, 0.6) is 0 Å². The molecule has 0 radical (unpaired) electrons. The molecule has 0 aromatic heterocycles. The van der Waals surface area contributed by atoms with Gasteiger partial charge in [-0.3, -0.25) is 4.79 Å². The van der Waals surface area contributed by atoms with Crippen LogP contribution in [0.15, 0.2) is 36.9 Å². The summed E-state index contributed by atoms with van der Waals surface area (Å²) in [6.07, 6.45) is -0.595. The van der Waals surface area contributed by atoms with E-state index in [4.69, 9.17) is 5.11 Å². The van der Waals surface area contributed by atoms with Gasteiger partial charge in [-0.15, -0.1) is 0 Å².